The largest absolute Gasteiger partial charge is 0.502 e. The third-order valence-corrected chi connectivity index (χ3v) is 3.04. The van der Waals surface area contributed by atoms with E-state index in [0.717, 1.165) is 24.1 Å². The molecule has 100 valence electrons. The van der Waals surface area contributed by atoms with Gasteiger partial charge in [0.15, 0.2) is 5.75 Å². The maximum Gasteiger partial charge on any atom is 0.310 e. The van der Waals surface area contributed by atoms with E-state index in [1.165, 1.54) is 6.07 Å². The predicted molar refractivity (Wildman–Crippen MR) is 69.0 cm³/mol. The van der Waals surface area contributed by atoms with Crippen LogP contribution < -0.4 is 0 Å². The molecule has 0 radical (unpaired) electrons. The number of nitro groups is 1. The molecule has 19 heavy (non-hydrogen) atoms. The van der Waals surface area contributed by atoms with Gasteiger partial charge in [0, 0.05) is 24.7 Å². The van der Waals surface area contributed by atoms with Gasteiger partial charge in [0.25, 0.3) is 5.91 Å². The maximum atomic E-state index is 12.2. The van der Waals surface area contributed by atoms with E-state index >= 15 is 0 Å². The van der Waals surface area contributed by atoms with Crippen LogP contribution in [0.1, 0.15) is 23.7 Å². The van der Waals surface area contributed by atoms with E-state index in [2.05, 4.69) is 6.08 Å². The second-order valence-electron chi connectivity index (χ2n) is 4.53. The van der Waals surface area contributed by atoms with Crippen LogP contribution in [0.25, 0.3) is 0 Å². The average Bonchev–Trinajstić information content (AvgIpc) is 2.37. The molecule has 1 aliphatic heterocycles. The number of hydrogen-bond acceptors (Lipinski definition) is 4. The molecule has 1 heterocycles. The first-order valence-corrected chi connectivity index (χ1v) is 5.91. The SMILES string of the molecule is CC1=CCCN(C(=O)c2ccc([N+](=O)[O-])c(O)c2)C1. The van der Waals surface area contributed by atoms with E-state index in [9.17, 15) is 20.0 Å². The van der Waals surface area contributed by atoms with E-state index in [1.807, 2.05) is 6.92 Å². The minimum atomic E-state index is -0.683. The summed E-state index contributed by atoms with van der Waals surface area (Å²) < 4.78 is 0. The molecule has 0 aliphatic carbocycles. The quantitative estimate of drug-likeness (QED) is 0.502. The fourth-order valence-electron chi connectivity index (χ4n) is 2.08. The molecule has 6 nitrogen and oxygen atoms in total. The molecule has 1 N–H and O–H groups in total. The van der Waals surface area contributed by atoms with E-state index in [4.69, 9.17) is 0 Å². The Morgan fingerprint density at radius 2 is 2.21 bits per heavy atom. The number of phenolic OH excluding ortho intramolecular Hbond substituents is 1. The summed E-state index contributed by atoms with van der Waals surface area (Å²) in [7, 11) is 0. The lowest BCUT2D eigenvalue weighted by Gasteiger charge is -2.26. The standard InChI is InChI=1S/C13H14N2O4/c1-9-3-2-6-14(8-9)13(17)10-4-5-11(15(18)19)12(16)7-10/h3-5,7,16H,2,6,8H2,1H3. The van der Waals surface area contributed by atoms with Gasteiger partial charge in [0.05, 0.1) is 4.92 Å². The summed E-state index contributed by atoms with van der Waals surface area (Å²) >= 11 is 0. The Labute approximate surface area is 110 Å². The van der Waals surface area contributed by atoms with Gasteiger partial charge in [-0.3, -0.25) is 14.9 Å². The lowest BCUT2D eigenvalue weighted by Crippen LogP contribution is -2.35. The van der Waals surface area contributed by atoms with Crippen molar-refractivity contribution in [3.8, 4) is 5.75 Å². The minimum Gasteiger partial charge on any atom is -0.502 e. The molecule has 2 rings (SSSR count). The van der Waals surface area contributed by atoms with Crippen molar-refractivity contribution in [1.82, 2.24) is 4.90 Å². The zero-order valence-electron chi connectivity index (χ0n) is 10.5. The highest BCUT2D eigenvalue weighted by atomic mass is 16.6. The van der Waals surface area contributed by atoms with Crippen molar-refractivity contribution in [2.75, 3.05) is 13.1 Å². The fourth-order valence-corrected chi connectivity index (χ4v) is 2.08. The number of carbonyl (C=O) groups excluding carboxylic acids is 1. The molecule has 0 spiro atoms. The highest BCUT2D eigenvalue weighted by Crippen LogP contribution is 2.27. The summed E-state index contributed by atoms with van der Waals surface area (Å²) in [6.07, 6.45) is 2.88. The topological polar surface area (TPSA) is 83.7 Å². The van der Waals surface area contributed by atoms with Crippen LogP contribution in [0.2, 0.25) is 0 Å². The van der Waals surface area contributed by atoms with Crippen LogP contribution in [0.5, 0.6) is 5.75 Å². The third kappa shape index (κ3) is 2.73. The monoisotopic (exact) mass is 262 g/mol. The number of phenols is 1. The molecular weight excluding hydrogens is 248 g/mol. The average molecular weight is 262 g/mol. The number of nitro benzene ring substituents is 1. The van der Waals surface area contributed by atoms with Gasteiger partial charge in [-0.2, -0.15) is 0 Å². The van der Waals surface area contributed by atoms with Crippen molar-refractivity contribution in [3.63, 3.8) is 0 Å². The van der Waals surface area contributed by atoms with Crippen molar-refractivity contribution in [3.05, 3.63) is 45.5 Å². The molecule has 0 aromatic heterocycles. The van der Waals surface area contributed by atoms with Gasteiger partial charge in [0.1, 0.15) is 0 Å². The van der Waals surface area contributed by atoms with Gasteiger partial charge in [-0.25, -0.2) is 0 Å². The van der Waals surface area contributed by atoms with Crippen molar-refractivity contribution in [1.29, 1.82) is 0 Å². The molecule has 6 heteroatoms. The minimum absolute atomic E-state index is 0.224. The first kappa shape index (κ1) is 13.1. The summed E-state index contributed by atoms with van der Waals surface area (Å²) in [5.74, 6) is -0.710. The van der Waals surface area contributed by atoms with Gasteiger partial charge < -0.3 is 10.0 Å². The van der Waals surface area contributed by atoms with Crippen molar-refractivity contribution in [2.24, 2.45) is 0 Å². The van der Waals surface area contributed by atoms with Crippen LogP contribution in [0.4, 0.5) is 5.69 Å². The lowest BCUT2D eigenvalue weighted by atomic mass is 10.1. The Hall–Kier alpha value is -2.37. The van der Waals surface area contributed by atoms with Crippen LogP contribution >= 0.6 is 0 Å². The molecule has 1 aromatic rings. The third-order valence-electron chi connectivity index (χ3n) is 3.04. The Bertz CT molecular complexity index is 566. The molecule has 0 bridgehead atoms. The van der Waals surface area contributed by atoms with Crippen LogP contribution in [-0.2, 0) is 0 Å². The lowest BCUT2D eigenvalue weighted by molar-refractivity contribution is -0.385. The summed E-state index contributed by atoms with van der Waals surface area (Å²) in [5, 5.41) is 20.1. The normalized spacial score (nSPS) is 15.0. The molecule has 1 amide bonds. The smallest absolute Gasteiger partial charge is 0.310 e. The summed E-state index contributed by atoms with van der Waals surface area (Å²) in [6, 6.07) is 3.66. The molecule has 1 aromatic carbocycles. The predicted octanol–water partition coefficient (Wildman–Crippen LogP) is 2.09. The zero-order valence-corrected chi connectivity index (χ0v) is 10.5. The number of rotatable bonds is 2. The zero-order chi connectivity index (χ0) is 14.0. The van der Waals surface area contributed by atoms with Crippen molar-refractivity contribution in [2.45, 2.75) is 13.3 Å². The first-order chi connectivity index (χ1) is 8.99. The number of carbonyl (C=O) groups is 1. The van der Waals surface area contributed by atoms with E-state index < -0.39 is 16.4 Å². The van der Waals surface area contributed by atoms with Gasteiger partial charge in [-0.15, -0.1) is 0 Å². The first-order valence-electron chi connectivity index (χ1n) is 5.91. The highest BCUT2D eigenvalue weighted by Gasteiger charge is 2.21. The van der Waals surface area contributed by atoms with Crippen LogP contribution in [0, 0.1) is 10.1 Å². The van der Waals surface area contributed by atoms with Gasteiger partial charge in [0.2, 0.25) is 0 Å². The van der Waals surface area contributed by atoms with Crippen LogP contribution in [0.3, 0.4) is 0 Å². The second-order valence-corrected chi connectivity index (χ2v) is 4.53. The van der Waals surface area contributed by atoms with Crippen molar-refractivity contribution < 1.29 is 14.8 Å². The van der Waals surface area contributed by atoms with Gasteiger partial charge in [-0.1, -0.05) is 11.6 Å². The summed E-state index contributed by atoms with van der Waals surface area (Å²) in [6.45, 7) is 3.12. The van der Waals surface area contributed by atoms with E-state index in [0.29, 0.717) is 13.1 Å². The molecule has 0 saturated carbocycles. The number of nitrogens with zero attached hydrogens (tertiary/aromatic N) is 2. The molecule has 0 fully saturated rings. The van der Waals surface area contributed by atoms with E-state index in [1.54, 1.807) is 4.90 Å². The van der Waals surface area contributed by atoms with Crippen LogP contribution in [-0.4, -0.2) is 33.9 Å². The molecule has 0 unspecified atom stereocenters. The second kappa shape index (κ2) is 5.09. The Kier molecular flexibility index (Phi) is 3.50. The van der Waals surface area contributed by atoms with Gasteiger partial charge in [-0.05, 0) is 25.5 Å². The summed E-state index contributed by atoms with van der Waals surface area (Å²) in [5.41, 5.74) is 0.981. The highest BCUT2D eigenvalue weighted by molar-refractivity contribution is 5.95. The van der Waals surface area contributed by atoms with Crippen LogP contribution in [0.15, 0.2) is 29.8 Å². The van der Waals surface area contributed by atoms with Gasteiger partial charge >= 0.3 is 5.69 Å². The number of benzene rings is 1. The molecule has 1 aliphatic rings. The number of hydrogen-bond donors (Lipinski definition) is 1. The number of aromatic hydroxyl groups is 1. The van der Waals surface area contributed by atoms with Crippen molar-refractivity contribution >= 4 is 11.6 Å². The molecule has 0 saturated heterocycles. The Morgan fingerprint density at radius 3 is 2.79 bits per heavy atom. The molecule has 0 atom stereocenters. The maximum absolute atomic E-state index is 12.2. The van der Waals surface area contributed by atoms with E-state index in [-0.39, 0.29) is 11.5 Å². The fraction of sp³-hybridized carbons (Fsp3) is 0.308. The molecular formula is C13H14N2O4. The number of amides is 1. The Balaban J connectivity index is 2.23. The Morgan fingerprint density at radius 1 is 1.47 bits per heavy atom. The summed E-state index contributed by atoms with van der Waals surface area (Å²) in [4.78, 5) is 23.8.